The second-order valence-corrected chi connectivity index (χ2v) is 9.48. The topological polar surface area (TPSA) is 84.9 Å². The monoisotopic (exact) mass is 416 g/mol. The minimum absolute atomic E-state index is 0.0242. The Bertz CT molecular complexity index is 1000. The van der Waals surface area contributed by atoms with Crippen LogP contribution in [-0.4, -0.2) is 50.0 Å². The van der Waals surface area contributed by atoms with Gasteiger partial charge in [-0.15, -0.1) is 0 Å². The van der Waals surface area contributed by atoms with Crippen molar-refractivity contribution in [3.8, 4) is 5.75 Å². The van der Waals surface area contributed by atoms with Crippen LogP contribution in [0.3, 0.4) is 0 Å². The summed E-state index contributed by atoms with van der Waals surface area (Å²) in [5.41, 5.74) is 0.891. The molecule has 0 radical (unpaired) electrons. The molecule has 2 aliphatic rings. The molecule has 1 N–H and O–H groups in total. The summed E-state index contributed by atoms with van der Waals surface area (Å²) in [4.78, 5) is 12.8. The number of nitrogens with one attached hydrogen (secondary N) is 1. The van der Waals surface area contributed by atoms with Crippen LogP contribution < -0.4 is 10.1 Å². The summed E-state index contributed by atoms with van der Waals surface area (Å²) in [6.45, 7) is 4.68. The third-order valence-electron chi connectivity index (χ3n) is 5.04. The molecule has 0 spiro atoms. The predicted octanol–water partition coefficient (Wildman–Crippen LogP) is 2.89. The van der Waals surface area contributed by atoms with Crippen molar-refractivity contribution in [2.45, 2.75) is 43.4 Å². The summed E-state index contributed by atoms with van der Waals surface area (Å²) in [6.07, 6.45) is 0.775. The minimum atomic E-state index is -3.66. The molecule has 2 aromatic rings. The molecule has 154 valence electrons. The first kappa shape index (κ1) is 19.9. The summed E-state index contributed by atoms with van der Waals surface area (Å²) < 4.78 is 38.6. The Balaban J connectivity index is 1.49. The van der Waals surface area contributed by atoms with Crippen molar-refractivity contribution in [1.29, 1.82) is 0 Å². The molecule has 2 saturated heterocycles. The zero-order valence-corrected chi connectivity index (χ0v) is 17.2. The lowest BCUT2D eigenvalue weighted by molar-refractivity contribution is 0.0608. The summed E-state index contributed by atoms with van der Waals surface area (Å²) in [5.74, 6) is 0.348. The largest absolute Gasteiger partial charge is 0.491 e. The molecule has 4 rings (SSSR count). The number of rotatable bonds is 6. The average Bonchev–Trinajstić information content (AvgIpc) is 3.33. The molecule has 1 amide bonds. The molecule has 2 bridgehead atoms. The maximum absolute atomic E-state index is 13.0. The first-order chi connectivity index (χ1) is 13.8. The van der Waals surface area contributed by atoms with E-state index in [1.165, 1.54) is 16.4 Å². The molecule has 2 atom stereocenters. The van der Waals surface area contributed by atoms with Crippen LogP contribution >= 0.6 is 0 Å². The van der Waals surface area contributed by atoms with Crippen molar-refractivity contribution in [3.63, 3.8) is 0 Å². The van der Waals surface area contributed by atoms with Crippen LogP contribution in [0.15, 0.2) is 53.4 Å². The van der Waals surface area contributed by atoms with E-state index in [9.17, 15) is 13.2 Å². The van der Waals surface area contributed by atoms with Crippen LogP contribution in [0, 0.1) is 0 Å². The highest BCUT2D eigenvalue weighted by molar-refractivity contribution is 7.89. The van der Waals surface area contributed by atoms with E-state index in [1.54, 1.807) is 36.4 Å². The maximum Gasteiger partial charge on any atom is 0.255 e. The van der Waals surface area contributed by atoms with Crippen LogP contribution in [0.5, 0.6) is 5.75 Å². The van der Waals surface area contributed by atoms with Gasteiger partial charge in [0.05, 0.1) is 29.8 Å². The van der Waals surface area contributed by atoms with Crippen LogP contribution in [0.25, 0.3) is 0 Å². The highest BCUT2D eigenvalue weighted by Gasteiger charge is 2.45. The molecule has 8 heteroatoms. The molecule has 0 saturated carbocycles. The molecule has 2 aliphatic heterocycles. The zero-order chi connectivity index (χ0) is 20.6. The Morgan fingerprint density at radius 2 is 1.97 bits per heavy atom. The van der Waals surface area contributed by atoms with E-state index in [2.05, 4.69) is 5.32 Å². The number of carbonyl (C=O) groups excluding carboxylic acids is 1. The lowest BCUT2D eigenvalue weighted by Crippen LogP contribution is -2.41. The number of hydrogen-bond donors (Lipinski definition) is 1. The van der Waals surface area contributed by atoms with Crippen LogP contribution in [0.1, 0.15) is 30.6 Å². The SMILES string of the molecule is CC(C)Oc1ccc(NC(=O)c2cccc(S(=O)(=O)N3C[C@H]4C[C@H]3CO4)c2)cc1. The first-order valence-electron chi connectivity index (χ1n) is 9.64. The highest BCUT2D eigenvalue weighted by atomic mass is 32.2. The highest BCUT2D eigenvalue weighted by Crippen LogP contribution is 2.33. The van der Waals surface area contributed by atoms with E-state index in [1.807, 2.05) is 13.8 Å². The third kappa shape index (κ3) is 4.14. The molecule has 0 aliphatic carbocycles. The Morgan fingerprint density at radius 1 is 1.21 bits per heavy atom. The lowest BCUT2D eigenvalue weighted by Gasteiger charge is -2.26. The number of hydrogen-bond acceptors (Lipinski definition) is 5. The van der Waals surface area contributed by atoms with Gasteiger partial charge in [-0.25, -0.2) is 8.42 Å². The average molecular weight is 416 g/mol. The van der Waals surface area contributed by atoms with Crippen molar-refractivity contribution in [2.75, 3.05) is 18.5 Å². The summed E-state index contributed by atoms with van der Waals surface area (Å²) in [6, 6.07) is 13.1. The van der Waals surface area contributed by atoms with E-state index in [-0.39, 0.29) is 34.6 Å². The molecular formula is C21H24N2O5S. The minimum Gasteiger partial charge on any atom is -0.491 e. The molecular weight excluding hydrogens is 392 g/mol. The van der Waals surface area contributed by atoms with E-state index in [4.69, 9.17) is 9.47 Å². The van der Waals surface area contributed by atoms with Crippen molar-refractivity contribution >= 4 is 21.6 Å². The number of nitrogens with zero attached hydrogens (tertiary/aromatic N) is 1. The van der Waals surface area contributed by atoms with Gasteiger partial charge in [-0.1, -0.05) is 6.07 Å². The van der Waals surface area contributed by atoms with Gasteiger partial charge in [-0.3, -0.25) is 4.79 Å². The van der Waals surface area contributed by atoms with Gasteiger partial charge in [0.15, 0.2) is 0 Å². The second kappa shape index (κ2) is 7.78. The quantitative estimate of drug-likeness (QED) is 0.783. The number of anilines is 1. The van der Waals surface area contributed by atoms with E-state index < -0.39 is 10.0 Å². The van der Waals surface area contributed by atoms with Gasteiger partial charge in [0, 0.05) is 17.8 Å². The van der Waals surface area contributed by atoms with Crippen LogP contribution in [-0.2, 0) is 14.8 Å². The molecule has 7 nitrogen and oxygen atoms in total. The number of carbonyl (C=O) groups is 1. The van der Waals surface area contributed by atoms with Crippen LogP contribution in [0.4, 0.5) is 5.69 Å². The molecule has 2 aromatic carbocycles. The molecule has 2 heterocycles. The predicted molar refractivity (Wildman–Crippen MR) is 109 cm³/mol. The van der Waals surface area contributed by atoms with E-state index in [0.717, 1.165) is 12.2 Å². The maximum atomic E-state index is 13.0. The molecule has 0 aromatic heterocycles. The standard InChI is InChI=1S/C21H24N2O5S/c1-14(2)28-18-8-6-16(7-9-18)22-21(24)15-4-3-5-20(10-15)29(25,26)23-12-19-11-17(23)13-27-19/h3-10,14,17,19H,11-13H2,1-2H3,(H,22,24)/t17-,19+/m0/s1. The van der Waals surface area contributed by atoms with Crippen molar-refractivity contribution < 1.29 is 22.7 Å². The van der Waals surface area contributed by atoms with Gasteiger partial charge >= 0.3 is 0 Å². The van der Waals surface area contributed by atoms with Gasteiger partial charge in [0.25, 0.3) is 5.91 Å². The number of amides is 1. The fourth-order valence-electron chi connectivity index (χ4n) is 3.68. The first-order valence-corrected chi connectivity index (χ1v) is 11.1. The van der Waals surface area contributed by atoms with Crippen molar-refractivity contribution in [3.05, 3.63) is 54.1 Å². The van der Waals surface area contributed by atoms with Crippen molar-refractivity contribution in [2.24, 2.45) is 0 Å². The Hall–Kier alpha value is -2.42. The lowest BCUT2D eigenvalue weighted by atomic mass is 10.2. The van der Waals surface area contributed by atoms with E-state index in [0.29, 0.717) is 18.8 Å². The Morgan fingerprint density at radius 3 is 2.59 bits per heavy atom. The molecule has 29 heavy (non-hydrogen) atoms. The summed E-state index contributed by atoms with van der Waals surface area (Å²) in [5, 5.41) is 2.79. The van der Waals surface area contributed by atoms with Crippen LogP contribution in [0.2, 0.25) is 0 Å². The third-order valence-corrected chi connectivity index (χ3v) is 6.95. The van der Waals surface area contributed by atoms with Crippen molar-refractivity contribution in [1.82, 2.24) is 4.31 Å². The molecule has 0 unspecified atom stereocenters. The van der Waals surface area contributed by atoms with Gasteiger partial charge in [0.1, 0.15) is 5.75 Å². The van der Waals surface area contributed by atoms with Gasteiger partial charge < -0.3 is 14.8 Å². The Kier molecular flexibility index (Phi) is 5.33. The molecule has 2 fully saturated rings. The fourth-order valence-corrected chi connectivity index (χ4v) is 5.38. The number of morpholine rings is 1. The number of benzene rings is 2. The Labute approximate surface area is 170 Å². The zero-order valence-electron chi connectivity index (χ0n) is 16.4. The number of sulfonamides is 1. The second-order valence-electron chi connectivity index (χ2n) is 7.59. The fraction of sp³-hybridized carbons (Fsp3) is 0.381. The van der Waals surface area contributed by atoms with Gasteiger partial charge in [0.2, 0.25) is 10.0 Å². The van der Waals surface area contributed by atoms with Gasteiger partial charge in [-0.05, 0) is 62.7 Å². The number of ether oxygens (including phenoxy) is 2. The van der Waals surface area contributed by atoms with E-state index >= 15 is 0 Å². The smallest absolute Gasteiger partial charge is 0.255 e. The van der Waals surface area contributed by atoms with Gasteiger partial charge in [-0.2, -0.15) is 4.31 Å². The summed E-state index contributed by atoms with van der Waals surface area (Å²) in [7, 11) is -3.66. The summed E-state index contributed by atoms with van der Waals surface area (Å²) >= 11 is 0. The number of fused-ring (bicyclic) bond motifs is 2. The normalized spacial score (nSPS) is 21.5.